The molecule has 3 saturated carbocycles. The minimum atomic E-state index is -0.449. The molecule has 0 radical (unpaired) electrons. The molecule has 3 aliphatic carbocycles. The Bertz CT molecular complexity index is 748. The monoisotopic (exact) mass is 406 g/mol. The molecule has 0 aromatic heterocycles. The zero-order valence-corrected chi connectivity index (χ0v) is 18.3. The third-order valence-electron chi connectivity index (χ3n) is 8.92. The molecule has 7 atom stereocenters. The number of esters is 3. The average Bonchev–Trinajstić information content (AvgIpc) is 2.80. The van der Waals surface area contributed by atoms with Gasteiger partial charge < -0.3 is 14.2 Å². The predicted molar refractivity (Wildman–Crippen MR) is 105 cm³/mol. The number of carbonyl (C=O) groups excluding carboxylic acids is 3. The third kappa shape index (κ3) is 2.92. The summed E-state index contributed by atoms with van der Waals surface area (Å²) in [5.41, 5.74) is -1.19. The Labute approximate surface area is 173 Å². The molecule has 1 saturated heterocycles. The van der Waals surface area contributed by atoms with Crippen LogP contribution in [0, 0.1) is 28.1 Å². The van der Waals surface area contributed by atoms with Gasteiger partial charge >= 0.3 is 17.9 Å². The van der Waals surface area contributed by atoms with Crippen LogP contribution in [0.15, 0.2) is 0 Å². The first kappa shape index (κ1) is 20.7. The number of fused-ring (bicyclic) bond motifs is 3. The lowest BCUT2D eigenvalue weighted by atomic mass is 9.42. The molecule has 29 heavy (non-hydrogen) atoms. The fourth-order valence-corrected chi connectivity index (χ4v) is 7.67. The maximum Gasteiger partial charge on any atom is 0.312 e. The lowest BCUT2D eigenvalue weighted by molar-refractivity contribution is -0.228. The van der Waals surface area contributed by atoms with E-state index in [1.54, 1.807) is 0 Å². The van der Waals surface area contributed by atoms with Gasteiger partial charge in [-0.15, -0.1) is 0 Å². The van der Waals surface area contributed by atoms with Crippen molar-refractivity contribution >= 4 is 17.9 Å². The van der Waals surface area contributed by atoms with Crippen LogP contribution in [0.1, 0.15) is 79.6 Å². The van der Waals surface area contributed by atoms with Gasteiger partial charge in [0.1, 0.15) is 18.3 Å². The predicted octanol–water partition coefficient (Wildman–Crippen LogP) is 3.80. The van der Waals surface area contributed by atoms with E-state index in [0.29, 0.717) is 5.92 Å². The third-order valence-corrected chi connectivity index (χ3v) is 8.92. The lowest BCUT2D eigenvalue weighted by Gasteiger charge is -2.64. The summed E-state index contributed by atoms with van der Waals surface area (Å²) in [7, 11) is 0. The van der Waals surface area contributed by atoms with E-state index in [1.807, 2.05) is 0 Å². The summed E-state index contributed by atoms with van der Waals surface area (Å²) in [6, 6.07) is 0. The number of ether oxygens (including phenoxy) is 3. The standard InChI is InChI=1S/C23H34O6/c1-14(24)27-13-22(5)16-7-11-23-12-20(3,19(26)29-23)9-6-17(23)21(16,4)10-8-18(22)28-15(2)25/h16-18H,6-13H2,1-5H3/t16-,17-,18+,20+,21+,22-,23+/m1/s1. The van der Waals surface area contributed by atoms with Crippen molar-refractivity contribution in [1.82, 2.24) is 0 Å². The van der Waals surface area contributed by atoms with Gasteiger partial charge in [-0.25, -0.2) is 0 Å². The quantitative estimate of drug-likeness (QED) is 0.524. The van der Waals surface area contributed by atoms with E-state index in [2.05, 4.69) is 20.8 Å². The van der Waals surface area contributed by atoms with Crippen molar-refractivity contribution in [2.75, 3.05) is 6.61 Å². The molecule has 4 fully saturated rings. The molecular weight excluding hydrogens is 372 g/mol. The molecule has 6 heteroatoms. The van der Waals surface area contributed by atoms with Crippen LogP contribution in [-0.4, -0.2) is 36.2 Å². The largest absolute Gasteiger partial charge is 0.465 e. The van der Waals surface area contributed by atoms with Gasteiger partial charge in [0.05, 0.1) is 5.41 Å². The highest BCUT2D eigenvalue weighted by molar-refractivity contribution is 5.80. The van der Waals surface area contributed by atoms with Crippen molar-refractivity contribution in [3.05, 3.63) is 0 Å². The van der Waals surface area contributed by atoms with Gasteiger partial charge in [0.15, 0.2) is 0 Å². The topological polar surface area (TPSA) is 78.9 Å². The Balaban J connectivity index is 1.69. The Morgan fingerprint density at radius 3 is 2.34 bits per heavy atom. The van der Waals surface area contributed by atoms with Crippen LogP contribution in [0.25, 0.3) is 0 Å². The average molecular weight is 407 g/mol. The number of hydrogen-bond donors (Lipinski definition) is 0. The number of hydrogen-bond acceptors (Lipinski definition) is 6. The van der Waals surface area contributed by atoms with E-state index in [4.69, 9.17) is 14.2 Å². The summed E-state index contributed by atoms with van der Waals surface area (Å²) in [4.78, 5) is 36.0. The van der Waals surface area contributed by atoms with E-state index in [0.717, 1.165) is 44.9 Å². The van der Waals surface area contributed by atoms with Crippen molar-refractivity contribution in [2.45, 2.75) is 91.3 Å². The zero-order chi connectivity index (χ0) is 21.2. The van der Waals surface area contributed by atoms with E-state index in [1.165, 1.54) is 13.8 Å². The maximum absolute atomic E-state index is 12.6. The van der Waals surface area contributed by atoms with Gasteiger partial charge in [0, 0.05) is 31.6 Å². The highest BCUT2D eigenvalue weighted by Gasteiger charge is 2.70. The zero-order valence-electron chi connectivity index (χ0n) is 18.3. The highest BCUT2D eigenvalue weighted by atomic mass is 16.6. The number of carbonyl (C=O) groups is 3. The normalized spacial score (nSPS) is 48.2. The molecule has 0 unspecified atom stereocenters. The fourth-order valence-electron chi connectivity index (χ4n) is 7.67. The first-order chi connectivity index (χ1) is 13.5. The van der Waals surface area contributed by atoms with Crippen LogP contribution in [-0.2, 0) is 28.6 Å². The molecule has 0 N–H and O–H groups in total. The molecule has 6 nitrogen and oxygen atoms in total. The molecule has 0 aromatic rings. The summed E-state index contributed by atoms with van der Waals surface area (Å²) in [5.74, 6) is -0.114. The Morgan fingerprint density at radius 1 is 1.00 bits per heavy atom. The van der Waals surface area contributed by atoms with E-state index in [-0.39, 0.29) is 53.0 Å². The van der Waals surface area contributed by atoms with E-state index in [9.17, 15) is 14.4 Å². The molecule has 1 heterocycles. The van der Waals surface area contributed by atoms with Crippen molar-refractivity contribution in [2.24, 2.45) is 28.1 Å². The Hall–Kier alpha value is -1.59. The summed E-state index contributed by atoms with van der Waals surface area (Å²) in [5, 5.41) is 0. The van der Waals surface area contributed by atoms with Crippen molar-refractivity contribution < 1.29 is 28.6 Å². The molecule has 1 aliphatic heterocycles. The van der Waals surface area contributed by atoms with Crippen molar-refractivity contribution in [3.8, 4) is 0 Å². The Kier molecular flexibility index (Phi) is 4.60. The van der Waals surface area contributed by atoms with Crippen LogP contribution < -0.4 is 0 Å². The molecule has 1 spiro atoms. The molecule has 162 valence electrons. The van der Waals surface area contributed by atoms with Gasteiger partial charge in [-0.1, -0.05) is 13.8 Å². The molecule has 0 amide bonds. The van der Waals surface area contributed by atoms with Crippen molar-refractivity contribution in [1.29, 1.82) is 0 Å². The smallest absolute Gasteiger partial charge is 0.312 e. The first-order valence-electron chi connectivity index (χ1n) is 11.0. The second-order valence-corrected chi connectivity index (χ2v) is 10.8. The van der Waals surface area contributed by atoms with Gasteiger partial charge in [-0.2, -0.15) is 0 Å². The summed E-state index contributed by atoms with van der Waals surface area (Å²) < 4.78 is 17.4. The molecule has 4 rings (SSSR count). The summed E-state index contributed by atoms with van der Waals surface area (Å²) in [6.07, 6.45) is 5.78. The SMILES string of the molecule is CC(=O)OC[C@]1(C)[C@@H]2CC[C@]34C[C@](C)(CC[C@@H]3[C@@]2(C)CC[C@@H]1OC(C)=O)C(=O)O4. The fraction of sp³-hybridized carbons (Fsp3) is 0.870. The van der Waals surface area contributed by atoms with E-state index >= 15 is 0 Å². The van der Waals surface area contributed by atoms with Gasteiger partial charge in [0.25, 0.3) is 0 Å². The second kappa shape index (κ2) is 6.45. The molecular formula is C23H34O6. The van der Waals surface area contributed by atoms with Gasteiger partial charge in [0.2, 0.25) is 0 Å². The molecule has 4 aliphatic rings. The summed E-state index contributed by atoms with van der Waals surface area (Å²) >= 11 is 0. The van der Waals surface area contributed by atoms with Gasteiger partial charge in [-0.3, -0.25) is 14.4 Å². The minimum absolute atomic E-state index is 0.0293. The van der Waals surface area contributed by atoms with Crippen LogP contribution in [0.5, 0.6) is 0 Å². The van der Waals surface area contributed by atoms with Crippen molar-refractivity contribution in [3.63, 3.8) is 0 Å². The minimum Gasteiger partial charge on any atom is -0.465 e. The van der Waals surface area contributed by atoms with Crippen LogP contribution in [0.3, 0.4) is 0 Å². The highest BCUT2D eigenvalue weighted by Crippen LogP contribution is 2.69. The van der Waals surface area contributed by atoms with Crippen LogP contribution in [0.2, 0.25) is 0 Å². The number of rotatable bonds is 3. The Morgan fingerprint density at radius 2 is 1.69 bits per heavy atom. The van der Waals surface area contributed by atoms with E-state index < -0.39 is 5.41 Å². The van der Waals surface area contributed by atoms with Gasteiger partial charge in [-0.05, 0) is 56.8 Å². The molecule has 2 bridgehead atoms. The summed E-state index contributed by atoms with van der Waals surface area (Å²) in [6.45, 7) is 9.60. The maximum atomic E-state index is 12.6. The first-order valence-corrected chi connectivity index (χ1v) is 11.0. The van der Waals surface area contributed by atoms with Crippen LogP contribution >= 0.6 is 0 Å². The second-order valence-electron chi connectivity index (χ2n) is 10.8. The molecule has 0 aromatic carbocycles. The lowest BCUT2D eigenvalue weighted by Crippen LogP contribution is -2.64. The van der Waals surface area contributed by atoms with Crippen LogP contribution in [0.4, 0.5) is 0 Å².